The predicted molar refractivity (Wildman–Crippen MR) is 77.9 cm³/mol. The minimum absolute atomic E-state index is 0.0325. The molecule has 1 amide bonds. The van der Waals surface area contributed by atoms with E-state index in [0.29, 0.717) is 11.3 Å². The zero-order valence-corrected chi connectivity index (χ0v) is 11.9. The van der Waals surface area contributed by atoms with Gasteiger partial charge in [0, 0.05) is 25.3 Å². The topological polar surface area (TPSA) is 32.3 Å². The Bertz CT molecular complexity index is 639. The summed E-state index contributed by atoms with van der Waals surface area (Å²) < 4.78 is 38.9. The molecule has 0 radical (unpaired) electrons. The maximum Gasteiger partial charge on any atom is 0.239 e. The summed E-state index contributed by atoms with van der Waals surface area (Å²) in [7, 11) is 1.69. The molecule has 3 nitrogen and oxygen atoms in total. The Hall–Kier alpha value is -2.50. The molecular formula is C16H15F3N2O. The molecule has 0 spiro atoms. The molecule has 22 heavy (non-hydrogen) atoms. The molecule has 0 heterocycles. The lowest BCUT2D eigenvalue weighted by molar-refractivity contribution is -0.119. The van der Waals surface area contributed by atoms with Crippen LogP contribution in [0.4, 0.5) is 18.9 Å². The van der Waals surface area contributed by atoms with E-state index < -0.39 is 11.6 Å². The Morgan fingerprint density at radius 1 is 1.00 bits per heavy atom. The van der Waals surface area contributed by atoms with E-state index in [1.807, 2.05) is 0 Å². The molecule has 2 aromatic rings. The van der Waals surface area contributed by atoms with Crippen LogP contribution < -0.4 is 10.2 Å². The van der Waals surface area contributed by atoms with Gasteiger partial charge in [-0.2, -0.15) is 0 Å². The highest BCUT2D eigenvalue weighted by Gasteiger charge is 2.08. The van der Waals surface area contributed by atoms with E-state index in [4.69, 9.17) is 0 Å². The maximum absolute atomic E-state index is 13.0. The lowest BCUT2D eigenvalue weighted by atomic mass is 10.2. The van der Waals surface area contributed by atoms with Crippen molar-refractivity contribution in [1.82, 2.24) is 5.32 Å². The highest BCUT2D eigenvalue weighted by Crippen LogP contribution is 2.12. The lowest BCUT2D eigenvalue weighted by Gasteiger charge is -2.18. The SMILES string of the molecule is CN(CC(=O)NCc1cc(F)cc(F)c1)c1ccc(F)cc1. The monoisotopic (exact) mass is 308 g/mol. The zero-order chi connectivity index (χ0) is 16.1. The Labute approximate surface area is 126 Å². The van der Waals surface area contributed by atoms with Crippen LogP contribution in [0.5, 0.6) is 0 Å². The largest absolute Gasteiger partial charge is 0.365 e. The second-order valence-corrected chi connectivity index (χ2v) is 4.89. The summed E-state index contributed by atoms with van der Waals surface area (Å²) in [6.45, 7) is 0.0776. The maximum atomic E-state index is 13.0. The van der Waals surface area contributed by atoms with Gasteiger partial charge in [0.1, 0.15) is 17.5 Å². The number of carbonyl (C=O) groups is 1. The standard InChI is InChI=1S/C16H15F3N2O/c1-21(15-4-2-12(17)3-5-15)10-16(22)20-9-11-6-13(18)8-14(19)7-11/h2-8H,9-10H2,1H3,(H,20,22). The van der Waals surface area contributed by atoms with Crippen molar-refractivity contribution in [2.24, 2.45) is 0 Å². The number of likely N-dealkylation sites (N-methyl/N-ethyl adjacent to an activating group) is 1. The first-order valence-electron chi connectivity index (χ1n) is 6.62. The minimum Gasteiger partial charge on any atom is -0.365 e. The van der Waals surface area contributed by atoms with Gasteiger partial charge in [-0.15, -0.1) is 0 Å². The molecule has 0 bridgehead atoms. The molecule has 0 aromatic heterocycles. The summed E-state index contributed by atoms with van der Waals surface area (Å²) in [6, 6.07) is 8.82. The number of nitrogens with zero attached hydrogens (tertiary/aromatic N) is 1. The van der Waals surface area contributed by atoms with Gasteiger partial charge in [-0.25, -0.2) is 13.2 Å². The van der Waals surface area contributed by atoms with E-state index in [9.17, 15) is 18.0 Å². The molecule has 0 aliphatic heterocycles. The molecule has 0 saturated heterocycles. The van der Waals surface area contributed by atoms with Crippen LogP contribution in [0.2, 0.25) is 0 Å². The summed E-state index contributed by atoms with van der Waals surface area (Å²) in [4.78, 5) is 13.5. The number of amides is 1. The smallest absolute Gasteiger partial charge is 0.239 e. The summed E-state index contributed by atoms with van der Waals surface area (Å²) in [5, 5.41) is 2.58. The van der Waals surface area contributed by atoms with E-state index in [1.165, 1.54) is 12.1 Å². The Morgan fingerprint density at radius 3 is 2.18 bits per heavy atom. The highest BCUT2D eigenvalue weighted by molar-refractivity contribution is 5.81. The van der Waals surface area contributed by atoms with E-state index in [0.717, 1.165) is 18.2 Å². The van der Waals surface area contributed by atoms with Gasteiger partial charge >= 0.3 is 0 Å². The predicted octanol–water partition coefficient (Wildman–Crippen LogP) is 2.86. The lowest BCUT2D eigenvalue weighted by Crippen LogP contribution is -2.34. The fraction of sp³-hybridized carbons (Fsp3) is 0.188. The van der Waals surface area contributed by atoms with Crippen LogP contribution in [-0.2, 0) is 11.3 Å². The molecule has 0 unspecified atom stereocenters. The molecule has 2 rings (SSSR count). The van der Waals surface area contributed by atoms with Crippen molar-refractivity contribution >= 4 is 11.6 Å². The van der Waals surface area contributed by atoms with Gasteiger partial charge in [-0.1, -0.05) is 0 Å². The van der Waals surface area contributed by atoms with Gasteiger partial charge in [0.2, 0.25) is 5.91 Å². The van der Waals surface area contributed by atoms with Crippen LogP contribution in [-0.4, -0.2) is 19.5 Å². The summed E-state index contributed by atoms with van der Waals surface area (Å²) in [5.41, 5.74) is 1.03. The number of hydrogen-bond acceptors (Lipinski definition) is 2. The van der Waals surface area contributed by atoms with Crippen molar-refractivity contribution in [2.45, 2.75) is 6.54 Å². The molecule has 0 aliphatic carbocycles. The van der Waals surface area contributed by atoms with Gasteiger partial charge in [-0.05, 0) is 42.0 Å². The van der Waals surface area contributed by atoms with Gasteiger partial charge in [-0.3, -0.25) is 4.79 Å². The average molecular weight is 308 g/mol. The Kier molecular flexibility index (Phi) is 5.04. The van der Waals surface area contributed by atoms with Crippen molar-refractivity contribution in [3.05, 3.63) is 65.5 Å². The highest BCUT2D eigenvalue weighted by atomic mass is 19.1. The number of anilines is 1. The molecule has 1 N–H and O–H groups in total. The molecule has 0 atom stereocenters. The number of halogens is 3. The van der Waals surface area contributed by atoms with Crippen molar-refractivity contribution < 1.29 is 18.0 Å². The number of benzene rings is 2. The quantitative estimate of drug-likeness (QED) is 0.921. The van der Waals surface area contributed by atoms with E-state index >= 15 is 0 Å². The zero-order valence-electron chi connectivity index (χ0n) is 11.9. The van der Waals surface area contributed by atoms with E-state index in [-0.39, 0.29) is 24.8 Å². The van der Waals surface area contributed by atoms with Crippen LogP contribution in [0.15, 0.2) is 42.5 Å². The van der Waals surface area contributed by atoms with Gasteiger partial charge in [0.15, 0.2) is 0 Å². The minimum atomic E-state index is -0.687. The second-order valence-electron chi connectivity index (χ2n) is 4.89. The third-order valence-electron chi connectivity index (χ3n) is 3.06. The number of rotatable bonds is 5. The fourth-order valence-corrected chi connectivity index (χ4v) is 1.97. The molecule has 2 aromatic carbocycles. The molecule has 0 fully saturated rings. The van der Waals surface area contributed by atoms with Gasteiger partial charge in [0.05, 0.1) is 6.54 Å². The normalized spacial score (nSPS) is 10.4. The number of nitrogens with one attached hydrogen (secondary N) is 1. The van der Waals surface area contributed by atoms with E-state index in [2.05, 4.69) is 5.32 Å². The van der Waals surface area contributed by atoms with Crippen LogP contribution in [0, 0.1) is 17.5 Å². The van der Waals surface area contributed by atoms with Crippen LogP contribution in [0.1, 0.15) is 5.56 Å². The average Bonchev–Trinajstić information content (AvgIpc) is 2.45. The first kappa shape index (κ1) is 15.9. The van der Waals surface area contributed by atoms with Crippen molar-refractivity contribution in [3.8, 4) is 0 Å². The van der Waals surface area contributed by atoms with Crippen LogP contribution in [0.25, 0.3) is 0 Å². The Morgan fingerprint density at radius 2 is 1.59 bits per heavy atom. The van der Waals surface area contributed by atoms with Gasteiger partial charge in [0.25, 0.3) is 0 Å². The van der Waals surface area contributed by atoms with E-state index in [1.54, 1.807) is 24.1 Å². The second kappa shape index (κ2) is 6.98. The van der Waals surface area contributed by atoms with Crippen molar-refractivity contribution in [2.75, 3.05) is 18.5 Å². The van der Waals surface area contributed by atoms with Crippen LogP contribution in [0.3, 0.4) is 0 Å². The Balaban J connectivity index is 1.88. The summed E-state index contributed by atoms with van der Waals surface area (Å²) in [5.74, 6) is -2.04. The number of carbonyl (C=O) groups excluding carboxylic acids is 1. The third-order valence-corrected chi connectivity index (χ3v) is 3.06. The molecule has 0 aliphatic rings. The third kappa shape index (κ3) is 4.51. The molecular weight excluding hydrogens is 293 g/mol. The molecule has 116 valence electrons. The summed E-state index contributed by atoms with van der Waals surface area (Å²) in [6.07, 6.45) is 0. The molecule has 6 heteroatoms. The van der Waals surface area contributed by atoms with Crippen LogP contribution >= 0.6 is 0 Å². The van der Waals surface area contributed by atoms with Gasteiger partial charge < -0.3 is 10.2 Å². The first-order valence-corrected chi connectivity index (χ1v) is 6.62. The fourth-order valence-electron chi connectivity index (χ4n) is 1.97. The first-order chi connectivity index (χ1) is 10.4. The number of hydrogen-bond donors (Lipinski definition) is 1. The molecule has 0 saturated carbocycles. The van der Waals surface area contributed by atoms with Crippen molar-refractivity contribution in [3.63, 3.8) is 0 Å². The summed E-state index contributed by atoms with van der Waals surface area (Å²) >= 11 is 0. The van der Waals surface area contributed by atoms with Crippen molar-refractivity contribution in [1.29, 1.82) is 0 Å².